The molecule has 152 valence electrons. The molecular weight excluding hydrogens is 378 g/mol. The first-order valence-electron chi connectivity index (χ1n) is 9.87. The third-order valence-corrected chi connectivity index (χ3v) is 4.85. The van der Waals surface area contributed by atoms with Gasteiger partial charge in [0.15, 0.2) is 0 Å². The minimum Gasteiger partial charge on any atom is -0.337 e. The van der Waals surface area contributed by atoms with Gasteiger partial charge in [0.1, 0.15) is 5.69 Å². The summed E-state index contributed by atoms with van der Waals surface area (Å²) in [5.74, 6) is -0.0504. The number of pyridine rings is 1. The van der Waals surface area contributed by atoms with E-state index in [4.69, 9.17) is 0 Å². The van der Waals surface area contributed by atoms with E-state index >= 15 is 0 Å². The van der Waals surface area contributed by atoms with Gasteiger partial charge >= 0.3 is 0 Å². The molecule has 0 N–H and O–H groups in total. The molecule has 3 heterocycles. The second kappa shape index (κ2) is 8.69. The van der Waals surface area contributed by atoms with Crippen LogP contribution >= 0.6 is 0 Å². The molecule has 0 atom stereocenters. The van der Waals surface area contributed by atoms with Gasteiger partial charge in [-0.1, -0.05) is 17.7 Å². The molecule has 3 aromatic heterocycles. The molecule has 4 rings (SSSR count). The molecule has 0 saturated carbocycles. The number of carbonyl (C=O) groups excluding carboxylic acids is 1. The highest BCUT2D eigenvalue weighted by Gasteiger charge is 2.20. The van der Waals surface area contributed by atoms with Crippen molar-refractivity contribution < 1.29 is 4.79 Å². The number of aryl methyl sites for hydroxylation is 1. The summed E-state index contributed by atoms with van der Waals surface area (Å²) < 4.78 is 1.84. The lowest BCUT2D eigenvalue weighted by Crippen LogP contribution is -2.34. The lowest BCUT2D eigenvalue weighted by Gasteiger charge is -2.22. The molecule has 8 nitrogen and oxygen atoms in total. The predicted molar refractivity (Wildman–Crippen MR) is 113 cm³/mol. The molecule has 0 aliphatic rings. The van der Waals surface area contributed by atoms with Crippen LogP contribution in [0.5, 0.6) is 0 Å². The lowest BCUT2D eigenvalue weighted by atomic mass is 10.1. The number of nitrogens with zero attached hydrogens (tertiary/aromatic N) is 7. The Balaban J connectivity index is 1.51. The summed E-state index contributed by atoms with van der Waals surface area (Å²) in [6.07, 6.45) is 6.86. The number of amides is 1. The number of likely N-dealkylation sites (N-methyl/N-ethyl adjacent to an activating group) is 1. The van der Waals surface area contributed by atoms with Gasteiger partial charge in [0, 0.05) is 25.5 Å². The molecule has 0 fully saturated rings. The van der Waals surface area contributed by atoms with Gasteiger partial charge in [-0.2, -0.15) is 20.1 Å². The quantitative estimate of drug-likeness (QED) is 0.475. The second-order valence-corrected chi connectivity index (χ2v) is 6.90. The molecule has 0 aliphatic carbocycles. The van der Waals surface area contributed by atoms with Crippen LogP contribution in [-0.2, 0) is 6.54 Å². The number of benzene rings is 1. The number of carbonyl (C=O) groups is 1. The largest absolute Gasteiger partial charge is 0.337 e. The molecule has 1 amide bonds. The summed E-state index contributed by atoms with van der Waals surface area (Å²) in [5, 5.41) is 13.0. The third-order valence-electron chi connectivity index (χ3n) is 4.85. The van der Waals surface area contributed by atoms with E-state index in [0.29, 0.717) is 30.9 Å². The molecule has 0 spiro atoms. The molecular formula is C22H23N7O. The summed E-state index contributed by atoms with van der Waals surface area (Å²) in [6.45, 7) is 5.66. The zero-order chi connectivity index (χ0) is 20.9. The van der Waals surface area contributed by atoms with Crippen LogP contribution in [-0.4, -0.2) is 53.7 Å². The molecule has 8 heteroatoms. The maximum absolute atomic E-state index is 13.3. The first-order chi connectivity index (χ1) is 14.7. The van der Waals surface area contributed by atoms with Crippen LogP contribution in [0.1, 0.15) is 22.8 Å². The molecule has 30 heavy (non-hydrogen) atoms. The molecule has 0 unspecified atom stereocenters. The van der Waals surface area contributed by atoms with Crippen LogP contribution in [0.4, 0.5) is 0 Å². The summed E-state index contributed by atoms with van der Waals surface area (Å²) in [4.78, 5) is 20.9. The lowest BCUT2D eigenvalue weighted by molar-refractivity contribution is 0.0757. The normalized spacial score (nSPS) is 10.9. The van der Waals surface area contributed by atoms with Gasteiger partial charge in [-0.05, 0) is 44.2 Å². The van der Waals surface area contributed by atoms with Gasteiger partial charge < -0.3 is 4.90 Å². The van der Waals surface area contributed by atoms with Crippen molar-refractivity contribution in [3.8, 4) is 17.1 Å². The van der Waals surface area contributed by atoms with Gasteiger partial charge in [0.05, 0.1) is 35.9 Å². The fraction of sp³-hybridized carbons (Fsp3) is 0.227. The smallest absolute Gasteiger partial charge is 0.256 e. The number of hydrogen-bond acceptors (Lipinski definition) is 5. The van der Waals surface area contributed by atoms with E-state index in [1.807, 2.05) is 72.1 Å². The second-order valence-electron chi connectivity index (χ2n) is 6.90. The van der Waals surface area contributed by atoms with E-state index in [2.05, 4.69) is 20.3 Å². The number of rotatable bonds is 7. The summed E-state index contributed by atoms with van der Waals surface area (Å²) in [7, 11) is 0. The Labute approximate surface area is 174 Å². The number of aromatic nitrogens is 6. The highest BCUT2D eigenvalue weighted by atomic mass is 16.2. The van der Waals surface area contributed by atoms with Crippen molar-refractivity contribution in [3.05, 3.63) is 78.4 Å². The van der Waals surface area contributed by atoms with Crippen molar-refractivity contribution in [1.29, 1.82) is 0 Å². The maximum Gasteiger partial charge on any atom is 0.256 e. The van der Waals surface area contributed by atoms with Crippen molar-refractivity contribution in [2.45, 2.75) is 20.4 Å². The minimum absolute atomic E-state index is 0.0504. The van der Waals surface area contributed by atoms with Crippen LogP contribution in [0.15, 0.2) is 67.3 Å². The SMILES string of the molecule is CCN(CCn1ccc(-c2ccccn2)n1)C(=O)c1cc(C)ccc1-n1nccn1. The zero-order valence-electron chi connectivity index (χ0n) is 17.0. The topological polar surface area (TPSA) is 81.7 Å². The first-order valence-corrected chi connectivity index (χ1v) is 9.87. The predicted octanol–water partition coefficient (Wildman–Crippen LogP) is 3.00. The Bertz CT molecular complexity index is 1120. The Hall–Kier alpha value is -3.81. The summed E-state index contributed by atoms with van der Waals surface area (Å²) in [6, 6.07) is 13.4. The highest BCUT2D eigenvalue weighted by Crippen LogP contribution is 2.18. The van der Waals surface area contributed by atoms with Gasteiger partial charge in [-0.3, -0.25) is 14.5 Å². The Morgan fingerprint density at radius 1 is 1.03 bits per heavy atom. The Morgan fingerprint density at radius 2 is 1.87 bits per heavy atom. The molecule has 0 bridgehead atoms. The van der Waals surface area contributed by atoms with E-state index in [1.165, 1.54) is 4.80 Å². The van der Waals surface area contributed by atoms with E-state index in [9.17, 15) is 4.79 Å². The van der Waals surface area contributed by atoms with E-state index in [1.54, 1.807) is 18.6 Å². The Morgan fingerprint density at radius 3 is 2.60 bits per heavy atom. The maximum atomic E-state index is 13.3. The fourth-order valence-corrected chi connectivity index (χ4v) is 3.27. The monoisotopic (exact) mass is 401 g/mol. The van der Waals surface area contributed by atoms with Gasteiger partial charge in [0.25, 0.3) is 5.91 Å². The van der Waals surface area contributed by atoms with Gasteiger partial charge in [-0.15, -0.1) is 0 Å². The van der Waals surface area contributed by atoms with Crippen molar-refractivity contribution in [2.75, 3.05) is 13.1 Å². The Kier molecular flexibility index (Phi) is 5.65. The van der Waals surface area contributed by atoms with Crippen LogP contribution in [0.25, 0.3) is 17.1 Å². The molecule has 1 aromatic carbocycles. The van der Waals surface area contributed by atoms with Gasteiger partial charge in [-0.25, -0.2) is 0 Å². The van der Waals surface area contributed by atoms with Crippen molar-refractivity contribution in [3.63, 3.8) is 0 Å². The zero-order valence-corrected chi connectivity index (χ0v) is 17.0. The average molecular weight is 401 g/mol. The first kappa shape index (κ1) is 19.5. The summed E-state index contributed by atoms with van der Waals surface area (Å²) >= 11 is 0. The van der Waals surface area contributed by atoms with Crippen LogP contribution in [0.3, 0.4) is 0 Å². The van der Waals surface area contributed by atoms with Crippen LogP contribution < -0.4 is 0 Å². The van der Waals surface area contributed by atoms with Crippen molar-refractivity contribution >= 4 is 5.91 Å². The van der Waals surface area contributed by atoms with E-state index in [-0.39, 0.29) is 5.91 Å². The molecule has 0 radical (unpaired) electrons. The average Bonchev–Trinajstić information content (AvgIpc) is 3.47. The van der Waals surface area contributed by atoms with Crippen molar-refractivity contribution in [1.82, 2.24) is 34.7 Å². The highest BCUT2D eigenvalue weighted by molar-refractivity contribution is 5.98. The standard InChI is InChI=1S/C22H23N7O/c1-3-27(14-15-28-13-9-20(26-28)19-6-4-5-10-23-19)22(30)18-16-17(2)7-8-21(18)29-24-11-12-25-29/h4-13,16H,3,14-15H2,1-2H3. The van der Waals surface area contributed by atoms with Crippen LogP contribution in [0, 0.1) is 6.92 Å². The van der Waals surface area contributed by atoms with E-state index < -0.39 is 0 Å². The number of hydrogen-bond donors (Lipinski definition) is 0. The molecule has 0 saturated heterocycles. The van der Waals surface area contributed by atoms with Crippen LogP contribution in [0.2, 0.25) is 0 Å². The van der Waals surface area contributed by atoms with Gasteiger partial charge in [0.2, 0.25) is 0 Å². The molecule has 4 aromatic rings. The van der Waals surface area contributed by atoms with Crippen molar-refractivity contribution in [2.24, 2.45) is 0 Å². The minimum atomic E-state index is -0.0504. The van der Waals surface area contributed by atoms with E-state index in [0.717, 1.165) is 17.0 Å². The fourth-order valence-electron chi connectivity index (χ4n) is 3.27. The third kappa shape index (κ3) is 4.12. The molecule has 0 aliphatic heterocycles. The summed E-state index contributed by atoms with van der Waals surface area (Å²) in [5.41, 5.74) is 3.91.